The van der Waals surface area contributed by atoms with Gasteiger partial charge in [-0.2, -0.15) is 0 Å². The van der Waals surface area contributed by atoms with Crippen molar-refractivity contribution in [3.8, 4) is 0 Å². The lowest BCUT2D eigenvalue weighted by atomic mass is 10.0. The fourth-order valence-electron chi connectivity index (χ4n) is 1.53. The van der Waals surface area contributed by atoms with Crippen molar-refractivity contribution in [3.63, 3.8) is 0 Å². The maximum Gasteiger partial charge on any atom is 0.240 e. The molecule has 1 heterocycles. The molecule has 6 heteroatoms. The van der Waals surface area contributed by atoms with Crippen molar-refractivity contribution >= 4 is 30.7 Å². The number of likely N-dealkylation sites (N-methyl/N-ethyl adjacent to an activating group) is 1. The van der Waals surface area contributed by atoms with Crippen molar-refractivity contribution in [2.75, 3.05) is 6.54 Å². The van der Waals surface area contributed by atoms with Gasteiger partial charge in [-0.3, -0.25) is 9.78 Å². The Kier molecular flexibility index (Phi) is 10.8. The quantitative estimate of drug-likeness (QED) is 0.907. The first-order valence-corrected chi connectivity index (χ1v) is 6.00. The number of pyridine rings is 1. The number of hydrogen-bond donors (Lipinski definition) is 1. The Morgan fingerprint density at radius 3 is 2.42 bits per heavy atom. The molecule has 0 aliphatic rings. The molecule has 0 unspecified atom stereocenters. The summed E-state index contributed by atoms with van der Waals surface area (Å²) in [5.41, 5.74) is 6.77. The van der Waals surface area contributed by atoms with Crippen molar-refractivity contribution in [1.82, 2.24) is 9.88 Å². The monoisotopic (exact) mass is 307 g/mol. The van der Waals surface area contributed by atoms with Gasteiger partial charge in [-0.05, 0) is 25.0 Å². The smallest absolute Gasteiger partial charge is 0.240 e. The number of carbonyl (C=O) groups is 1. The van der Waals surface area contributed by atoms with E-state index in [1.807, 2.05) is 39.0 Å². The zero-order chi connectivity index (χ0) is 12.8. The van der Waals surface area contributed by atoms with Crippen LogP contribution in [0.3, 0.4) is 0 Å². The van der Waals surface area contributed by atoms with E-state index in [1.165, 1.54) is 0 Å². The van der Waals surface area contributed by atoms with E-state index >= 15 is 0 Å². The molecule has 110 valence electrons. The van der Waals surface area contributed by atoms with Gasteiger partial charge in [0.15, 0.2) is 0 Å². The second kappa shape index (κ2) is 10.0. The molecule has 1 aromatic rings. The lowest BCUT2D eigenvalue weighted by Gasteiger charge is -2.25. The summed E-state index contributed by atoms with van der Waals surface area (Å²) in [6, 6.07) is 5.26. The minimum absolute atomic E-state index is 0. The van der Waals surface area contributed by atoms with Crippen molar-refractivity contribution in [2.45, 2.75) is 33.4 Å². The van der Waals surface area contributed by atoms with E-state index in [4.69, 9.17) is 5.73 Å². The normalized spacial score (nSPS) is 11.2. The van der Waals surface area contributed by atoms with Crippen LogP contribution in [0.25, 0.3) is 0 Å². The van der Waals surface area contributed by atoms with Crippen LogP contribution in [0.5, 0.6) is 0 Å². The maximum absolute atomic E-state index is 12.1. The Balaban J connectivity index is 0. The van der Waals surface area contributed by atoms with Gasteiger partial charge in [0.05, 0.1) is 18.3 Å². The highest BCUT2D eigenvalue weighted by Crippen LogP contribution is 2.07. The molecule has 0 fully saturated rings. The first-order chi connectivity index (χ1) is 8.06. The molecule has 0 aliphatic carbocycles. The molecule has 0 bridgehead atoms. The second-order valence-corrected chi connectivity index (χ2v) is 4.44. The van der Waals surface area contributed by atoms with Crippen molar-refractivity contribution in [1.29, 1.82) is 0 Å². The summed E-state index contributed by atoms with van der Waals surface area (Å²) in [6.07, 6.45) is 1.73. The summed E-state index contributed by atoms with van der Waals surface area (Å²) < 4.78 is 0. The van der Waals surface area contributed by atoms with Crippen LogP contribution in [0.4, 0.5) is 0 Å². The van der Waals surface area contributed by atoms with Gasteiger partial charge in [0, 0.05) is 12.7 Å². The van der Waals surface area contributed by atoms with Gasteiger partial charge in [0.25, 0.3) is 0 Å². The van der Waals surface area contributed by atoms with Gasteiger partial charge < -0.3 is 10.6 Å². The standard InChI is InChI=1S/C13H21N3O.2ClH/c1-4-16(13(17)12(14)10(2)3)9-11-7-5-6-8-15-11;;/h5-8,10,12H,4,9,14H2,1-3H3;2*1H/t12-;;/m1../s1. The largest absolute Gasteiger partial charge is 0.336 e. The third kappa shape index (κ3) is 6.23. The van der Waals surface area contributed by atoms with Gasteiger partial charge in [0.2, 0.25) is 5.91 Å². The van der Waals surface area contributed by atoms with Crippen molar-refractivity contribution in [2.24, 2.45) is 11.7 Å². The number of hydrogen-bond acceptors (Lipinski definition) is 3. The molecule has 2 N–H and O–H groups in total. The number of nitrogens with two attached hydrogens (primary N) is 1. The molecule has 0 saturated carbocycles. The molecule has 1 amide bonds. The average molecular weight is 308 g/mol. The molecule has 1 aromatic heterocycles. The second-order valence-electron chi connectivity index (χ2n) is 4.44. The molecule has 0 radical (unpaired) electrons. The predicted molar refractivity (Wildman–Crippen MR) is 82.6 cm³/mol. The number of amides is 1. The topological polar surface area (TPSA) is 59.2 Å². The van der Waals surface area contributed by atoms with Crippen LogP contribution in [0, 0.1) is 5.92 Å². The third-order valence-electron chi connectivity index (χ3n) is 2.78. The van der Waals surface area contributed by atoms with Crippen LogP contribution < -0.4 is 5.73 Å². The lowest BCUT2D eigenvalue weighted by molar-refractivity contribution is -0.134. The maximum atomic E-state index is 12.1. The van der Waals surface area contributed by atoms with E-state index in [1.54, 1.807) is 11.1 Å². The summed E-state index contributed by atoms with van der Waals surface area (Å²) in [7, 11) is 0. The minimum atomic E-state index is -0.432. The summed E-state index contributed by atoms with van der Waals surface area (Å²) in [5.74, 6) is 0.147. The van der Waals surface area contributed by atoms with E-state index in [9.17, 15) is 4.79 Å². The fourth-order valence-corrected chi connectivity index (χ4v) is 1.53. The number of nitrogens with zero attached hydrogens (tertiary/aromatic N) is 2. The van der Waals surface area contributed by atoms with Crippen LogP contribution in [0.1, 0.15) is 26.5 Å². The fraction of sp³-hybridized carbons (Fsp3) is 0.538. The van der Waals surface area contributed by atoms with Crippen molar-refractivity contribution in [3.05, 3.63) is 30.1 Å². The van der Waals surface area contributed by atoms with Crippen LogP contribution in [-0.2, 0) is 11.3 Å². The van der Waals surface area contributed by atoms with E-state index in [0.29, 0.717) is 13.1 Å². The first-order valence-electron chi connectivity index (χ1n) is 6.00. The molecule has 0 saturated heterocycles. The van der Waals surface area contributed by atoms with Crippen LogP contribution >= 0.6 is 24.8 Å². The average Bonchev–Trinajstić information content (AvgIpc) is 2.35. The number of halogens is 2. The molecule has 4 nitrogen and oxygen atoms in total. The van der Waals surface area contributed by atoms with Gasteiger partial charge in [0.1, 0.15) is 0 Å². The Labute approximate surface area is 127 Å². The van der Waals surface area contributed by atoms with Gasteiger partial charge >= 0.3 is 0 Å². The van der Waals surface area contributed by atoms with Gasteiger partial charge in [-0.15, -0.1) is 24.8 Å². The summed E-state index contributed by atoms with van der Waals surface area (Å²) in [5, 5.41) is 0. The summed E-state index contributed by atoms with van der Waals surface area (Å²) in [4.78, 5) is 18.1. The Hall–Kier alpha value is -0.840. The lowest BCUT2D eigenvalue weighted by Crippen LogP contribution is -2.46. The zero-order valence-corrected chi connectivity index (χ0v) is 13.2. The molecule has 0 spiro atoms. The SMILES string of the molecule is CCN(Cc1ccccn1)C(=O)[C@H](N)C(C)C.Cl.Cl. The molecular weight excluding hydrogens is 285 g/mol. The molecular formula is C13H23Cl2N3O. The molecule has 19 heavy (non-hydrogen) atoms. The Bertz CT molecular complexity index is 360. The van der Waals surface area contributed by atoms with Gasteiger partial charge in [-0.1, -0.05) is 19.9 Å². The highest BCUT2D eigenvalue weighted by Gasteiger charge is 2.22. The predicted octanol–water partition coefficient (Wildman–Crippen LogP) is 2.26. The highest BCUT2D eigenvalue weighted by atomic mass is 35.5. The number of carbonyl (C=O) groups excluding carboxylic acids is 1. The van der Waals surface area contributed by atoms with Crippen LogP contribution in [0.2, 0.25) is 0 Å². The van der Waals surface area contributed by atoms with E-state index in [0.717, 1.165) is 5.69 Å². The van der Waals surface area contributed by atoms with Crippen LogP contribution in [0.15, 0.2) is 24.4 Å². The van der Waals surface area contributed by atoms with Crippen LogP contribution in [-0.4, -0.2) is 28.4 Å². The number of rotatable bonds is 5. The van der Waals surface area contributed by atoms with E-state index < -0.39 is 6.04 Å². The molecule has 0 aliphatic heterocycles. The van der Waals surface area contributed by atoms with Gasteiger partial charge in [-0.25, -0.2) is 0 Å². The number of aromatic nitrogens is 1. The summed E-state index contributed by atoms with van der Waals surface area (Å²) >= 11 is 0. The third-order valence-corrected chi connectivity index (χ3v) is 2.78. The molecule has 0 aromatic carbocycles. The molecule has 1 rings (SSSR count). The minimum Gasteiger partial charge on any atom is -0.336 e. The molecule has 1 atom stereocenters. The van der Waals surface area contributed by atoms with E-state index in [-0.39, 0.29) is 36.6 Å². The highest BCUT2D eigenvalue weighted by molar-refractivity contribution is 5.85. The Morgan fingerprint density at radius 2 is 2.00 bits per heavy atom. The summed E-state index contributed by atoms with van der Waals surface area (Å²) in [6.45, 7) is 7.04. The van der Waals surface area contributed by atoms with Crippen molar-refractivity contribution < 1.29 is 4.79 Å². The first kappa shape index (κ1) is 20.5. The van der Waals surface area contributed by atoms with E-state index in [2.05, 4.69) is 4.98 Å². The Morgan fingerprint density at radius 1 is 1.37 bits per heavy atom. The zero-order valence-electron chi connectivity index (χ0n) is 11.6.